The number of amides is 1. The fourth-order valence-corrected chi connectivity index (χ4v) is 3.42. The molecule has 0 aromatic rings. The Labute approximate surface area is 116 Å². The molecule has 0 aliphatic carbocycles. The second-order valence-corrected chi connectivity index (χ2v) is 6.13. The predicted octanol–water partition coefficient (Wildman–Crippen LogP) is 1.78. The van der Waals surface area contributed by atoms with Crippen LogP contribution in [0.3, 0.4) is 0 Å². The molecule has 0 bridgehead atoms. The smallest absolute Gasteiger partial charge is 0.222 e. The monoisotopic (exact) mass is 268 g/mol. The number of nitrogens with two attached hydrogens (primary N) is 1. The number of likely N-dealkylation sites (tertiary alicyclic amines) is 1. The van der Waals surface area contributed by atoms with Crippen LogP contribution in [0.4, 0.5) is 0 Å². The molecule has 0 aromatic carbocycles. The quantitative estimate of drug-likeness (QED) is 0.845. The van der Waals surface area contributed by atoms with Gasteiger partial charge in [0.1, 0.15) is 0 Å². The van der Waals surface area contributed by atoms with E-state index in [2.05, 4.69) is 6.92 Å². The molecule has 0 unspecified atom stereocenters. The first-order valence-corrected chi connectivity index (χ1v) is 7.79. The van der Waals surface area contributed by atoms with E-state index >= 15 is 0 Å². The molecule has 2 aliphatic heterocycles. The van der Waals surface area contributed by atoms with E-state index < -0.39 is 0 Å². The lowest BCUT2D eigenvalue weighted by atomic mass is 9.90. The molecule has 2 fully saturated rings. The number of hydrogen-bond acceptors (Lipinski definition) is 3. The van der Waals surface area contributed by atoms with Gasteiger partial charge in [0.2, 0.25) is 5.91 Å². The van der Waals surface area contributed by atoms with Crippen molar-refractivity contribution >= 4 is 5.91 Å². The van der Waals surface area contributed by atoms with Crippen LogP contribution >= 0.6 is 0 Å². The first-order valence-electron chi connectivity index (χ1n) is 7.79. The first-order chi connectivity index (χ1) is 9.22. The van der Waals surface area contributed by atoms with E-state index in [1.54, 1.807) is 0 Å². The number of carbonyl (C=O) groups is 1. The normalized spacial score (nSPS) is 32.3. The summed E-state index contributed by atoms with van der Waals surface area (Å²) in [6.45, 7) is 5.44. The van der Waals surface area contributed by atoms with Gasteiger partial charge in [0, 0.05) is 38.8 Å². The molecule has 1 amide bonds. The van der Waals surface area contributed by atoms with Gasteiger partial charge in [-0.2, -0.15) is 0 Å². The number of hydrogen-bond donors (Lipinski definition) is 1. The standard InChI is InChI=1S/C15H28N2O2/c1-12-4-2-8-17(14(12)10-16)15(18)7-6-13-5-3-9-19-11-13/h12-14H,2-11,16H2,1H3/t12-,13-,14-/m1/s1. The van der Waals surface area contributed by atoms with Crippen molar-refractivity contribution in [3.8, 4) is 0 Å². The summed E-state index contributed by atoms with van der Waals surface area (Å²) in [7, 11) is 0. The lowest BCUT2D eigenvalue weighted by Crippen LogP contribution is -2.51. The van der Waals surface area contributed by atoms with Crippen LogP contribution in [-0.4, -0.2) is 43.2 Å². The van der Waals surface area contributed by atoms with Gasteiger partial charge in [0.25, 0.3) is 0 Å². The van der Waals surface area contributed by atoms with E-state index in [1.807, 2.05) is 4.90 Å². The van der Waals surface area contributed by atoms with E-state index in [-0.39, 0.29) is 6.04 Å². The Bertz CT molecular complexity index is 290. The molecule has 2 N–H and O–H groups in total. The predicted molar refractivity (Wildman–Crippen MR) is 75.7 cm³/mol. The van der Waals surface area contributed by atoms with Gasteiger partial charge in [0.05, 0.1) is 0 Å². The van der Waals surface area contributed by atoms with Gasteiger partial charge in [-0.1, -0.05) is 6.92 Å². The third-order valence-electron chi connectivity index (χ3n) is 4.70. The van der Waals surface area contributed by atoms with Crippen molar-refractivity contribution in [3.05, 3.63) is 0 Å². The average Bonchev–Trinajstić information content (AvgIpc) is 2.45. The molecule has 4 nitrogen and oxygen atoms in total. The average molecular weight is 268 g/mol. The summed E-state index contributed by atoms with van der Waals surface area (Å²) in [5, 5.41) is 0. The number of ether oxygens (including phenoxy) is 1. The summed E-state index contributed by atoms with van der Waals surface area (Å²) in [6.07, 6.45) is 6.31. The van der Waals surface area contributed by atoms with Gasteiger partial charge < -0.3 is 15.4 Å². The van der Waals surface area contributed by atoms with Crippen LogP contribution in [0.5, 0.6) is 0 Å². The number of nitrogens with zero attached hydrogens (tertiary/aromatic N) is 1. The number of rotatable bonds is 4. The van der Waals surface area contributed by atoms with Crippen LogP contribution in [0, 0.1) is 11.8 Å². The molecule has 3 atom stereocenters. The minimum absolute atomic E-state index is 0.254. The van der Waals surface area contributed by atoms with Crippen molar-refractivity contribution in [2.24, 2.45) is 17.6 Å². The molecule has 0 aromatic heterocycles. The summed E-state index contributed by atoms with van der Waals surface area (Å²) in [5.41, 5.74) is 5.85. The maximum Gasteiger partial charge on any atom is 0.222 e. The molecular weight excluding hydrogens is 240 g/mol. The summed E-state index contributed by atoms with van der Waals surface area (Å²) in [5.74, 6) is 1.42. The van der Waals surface area contributed by atoms with Crippen molar-refractivity contribution in [2.75, 3.05) is 26.3 Å². The van der Waals surface area contributed by atoms with Crippen molar-refractivity contribution in [3.63, 3.8) is 0 Å². The van der Waals surface area contributed by atoms with E-state index in [4.69, 9.17) is 10.5 Å². The fraction of sp³-hybridized carbons (Fsp3) is 0.933. The van der Waals surface area contributed by atoms with Crippen molar-refractivity contribution < 1.29 is 9.53 Å². The Kier molecular flexibility index (Phi) is 5.64. The van der Waals surface area contributed by atoms with Gasteiger partial charge in [-0.25, -0.2) is 0 Å². The Morgan fingerprint density at radius 1 is 1.37 bits per heavy atom. The first kappa shape index (κ1) is 14.8. The highest BCUT2D eigenvalue weighted by atomic mass is 16.5. The maximum atomic E-state index is 12.4. The molecular formula is C15H28N2O2. The van der Waals surface area contributed by atoms with Crippen molar-refractivity contribution in [1.82, 2.24) is 4.90 Å². The fourth-order valence-electron chi connectivity index (χ4n) is 3.42. The summed E-state index contributed by atoms with van der Waals surface area (Å²) >= 11 is 0. The molecule has 0 spiro atoms. The van der Waals surface area contributed by atoms with E-state index in [9.17, 15) is 4.79 Å². The van der Waals surface area contributed by atoms with E-state index in [0.717, 1.165) is 39.0 Å². The summed E-state index contributed by atoms with van der Waals surface area (Å²) in [6, 6.07) is 0.254. The summed E-state index contributed by atoms with van der Waals surface area (Å²) in [4.78, 5) is 14.4. The third-order valence-corrected chi connectivity index (χ3v) is 4.70. The second-order valence-electron chi connectivity index (χ2n) is 6.13. The van der Waals surface area contributed by atoms with Crippen LogP contribution in [0.25, 0.3) is 0 Å². The molecule has 4 heteroatoms. The van der Waals surface area contributed by atoms with Gasteiger partial charge in [-0.05, 0) is 43.9 Å². The van der Waals surface area contributed by atoms with Gasteiger partial charge >= 0.3 is 0 Å². The molecule has 2 heterocycles. The Morgan fingerprint density at radius 3 is 2.89 bits per heavy atom. The number of piperidine rings is 1. The molecule has 19 heavy (non-hydrogen) atoms. The molecule has 2 saturated heterocycles. The van der Waals surface area contributed by atoms with Gasteiger partial charge in [-0.3, -0.25) is 4.79 Å². The number of carbonyl (C=O) groups excluding carboxylic acids is 1. The zero-order chi connectivity index (χ0) is 13.7. The highest BCUT2D eigenvalue weighted by molar-refractivity contribution is 5.76. The molecule has 2 aliphatic rings. The summed E-state index contributed by atoms with van der Waals surface area (Å²) < 4.78 is 5.47. The van der Waals surface area contributed by atoms with Crippen molar-refractivity contribution in [2.45, 2.75) is 51.5 Å². The zero-order valence-electron chi connectivity index (χ0n) is 12.1. The minimum atomic E-state index is 0.254. The van der Waals surface area contributed by atoms with E-state index in [1.165, 1.54) is 12.8 Å². The van der Waals surface area contributed by atoms with Crippen molar-refractivity contribution in [1.29, 1.82) is 0 Å². The molecule has 0 radical (unpaired) electrons. The van der Waals surface area contributed by atoms with Crippen LogP contribution in [0.15, 0.2) is 0 Å². The SMILES string of the molecule is C[C@@H]1CCCN(C(=O)CC[C@H]2CCCOC2)[C@@H]1CN. The van der Waals surface area contributed by atoms with Gasteiger partial charge in [0.15, 0.2) is 0 Å². The van der Waals surface area contributed by atoms with Crippen LogP contribution in [0.2, 0.25) is 0 Å². The maximum absolute atomic E-state index is 12.4. The molecule has 110 valence electrons. The lowest BCUT2D eigenvalue weighted by Gasteiger charge is -2.39. The topological polar surface area (TPSA) is 55.6 Å². The Morgan fingerprint density at radius 2 is 2.21 bits per heavy atom. The zero-order valence-corrected chi connectivity index (χ0v) is 12.1. The second kappa shape index (κ2) is 7.25. The highest BCUT2D eigenvalue weighted by Crippen LogP contribution is 2.25. The van der Waals surface area contributed by atoms with Crippen LogP contribution in [-0.2, 0) is 9.53 Å². The lowest BCUT2D eigenvalue weighted by molar-refractivity contribution is -0.136. The Balaban J connectivity index is 1.80. The largest absolute Gasteiger partial charge is 0.381 e. The minimum Gasteiger partial charge on any atom is -0.381 e. The van der Waals surface area contributed by atoms with E-state index in [0.29, 0.717) is 30.7 Å². The van der Waals surface area contributed by atoms with Crippen LogP contribution < -0.4 is 5.73 Å². The Hall–Kier alpha value is -0.610. The highest BCUT2D eigenvalue weighted by Gasteiger charge is 2.30. The van der Waals surface area contributed by atoms with Crippen LogP contribution in [0.1, 0.15) is 45.4 Å². The molecule has 0 saturated carbocycles. The molecule has 2 rings (SSSR count). The third kappa shape index (κ3) is 3.93. The van der Waals surface area contributed by atoms with Gasteiger partial charge in [-0.15, -0.1) is 0 Å².